The number of piperidine rings is 1. The van der Waals surface area contributed by atoms with Crippen LogP contribution in [0.4, 0.5) is 0 Å². The minimum absolute atomic E-state index is 0.362. The molecular weight excluding hydrogens is 372 g/mol. The molecule has 0 radical (unpaired) electrons. The molecule has 1 unspecified atom stereocenters. The first-order valence-corrected chi connectivity index (χ1v) is 11.2. The van der Waals surface area contributed by atoms with Gasteiger partial charge in [-0.1, -0.05) is 30.3 Å². The highest BCUT2D eigenvalue weighted by atomic mass is 16.4. The number of aromatic amines is 1. The third kappa shape index (κ3) is 4.93. The van der Waals surface area contributed by atoms with E-state index < -0.39 is 5.97 Å². The average molecular weight is 405 g/mol. The van der Waals surface area contributed by atoms with E-state index in [0.717, 1.165) is 41.9 Å². The molecule has 1 aromatic heterocycles. The van der Waals surface area contributed by atoms with Gasteiger partial charge in [0.1, 0.15) is 0 Å². The number of nitrogens with zero attached hydrogens (tertiary/aromatic N) is 1. The van der Waals surface area contributed by atoms with E-state index in [1.54, 1.807) is 6.07 Å². The molecule has 0 saturated carbocycles. The van der Waals surface area contributed by atoms with Crippen LogP contribution in [0.5, 0.6) is 0 Å². The van der Waals surface area contributed by atoms with Crippen molar-refractivity contribution in [3.05, 3.63) is 70.9 Å². The molecule has 4 heteroatoms. The number of carboxylic acid groups (broad SMARTS) is 1. The van der Waals surface area contributed by atoms with Crippen molar-refractivity contribution in [1.82, 2.24) is 9.88 Å². The number of fused-ring (bicyclic) bond motifs is 1. The van der Waals surface area contributed by atoms with Gasteiger partial charge in [0.2, 0.25) is 0 Å². The molecule has 4 rings (SSSR count). The number of rotatable bonds is 8. The number of likely N-dealkylation sites (tertiary alicyclic amines) is 1. The van der Waals surface area contributed by atoms with Gasteiger partial charge in [-0.3, -0.25) is 0 Å². The maximum Gasteiger partial charge on any atom is 0.335 e. The van der Waals surface area contributed by atoms with Crippen LogP contribution in [0, 0.1) is 12.8 Å². The molecule has 3 aromatic rings. The molecule has 1 aliphatic heterocycles. The van der Waals surface area contributed by atoms with Gasteiger partial charge in [0.15, 0.2) is 0 Å². The Morgan fingerprint density at radius 2 is 2.00 bits per heavy atom. The first-order valence-electron chi connectivity index (χ1n) is 11.2. The third-order valence-electron chi connectivity index (χ3n) is 6.49. The monoisotopic (exact) mass is 404 g/mol. The van der Waals surface area contributed by atoms with Gasteiger partial charge in [-0.05, 0) is 93.8 Å². The van der Waals surface area contributed by atoms with Gasteiger partial charge in [0.05, 0.1) is 5.56 Å². The Kier molecular flexibility index (Phi) is 6.53. The molecule has 0 aliphatic carbocycles. The highest BCUT2D eigenvalue weighted by Crippen LogP contribution is 2.26. The topological polar surface area (TPSA) is 56.3 Å². The van der Waals surface area contributed by atoms with Crippen molar-refractivity contribution in [2.24, 2.45) is 5.92 Å². The number of unbranched alkanes of at least 4 members (excludes halogenated alkanes) is 1. The lowest BCUT2D eigenvalue weighted by molar-refractivity contribution is 0.0697. The van der Waals surface area contributed by atoms with Crippen molar-refractivity contribution < 1.29 is 9.90 Å². The molecule has 1 saturated heterocycles. The van der Waals surface area contributed by atoms with Crippen LogP contribution in [0.3, 0.4) is 0 Å². The maximum atomic E-state index is 11.3. The van der Waals surface area contributed by atoms with E-state index in [4.69, 9.17) is 0 Å². The molecule has 0 amide bonds. The summed E-state index contributed by atoms with van der Waals surface area (Å²) in [5.41, 5.74) is 5.29. The molecule has 0 bridgehead atoms. The Hall–Kier alpha value is -2.59. The SMILES string of the molecule is Cc1[nH]c2ccc(C(=O)O)cc2c1CCCCN1CCCC(Cc2ccccc2)C1. The van der Waals surface area contributed by atoms with Gasteiger partial charge >= 0.3 is 5.97 Å². The highest BCUT2D eigenvalue weighted by molar-refractivity contribution is 5.95. The number of carboxylic acids is 1. The Morgan fingerprint density at radius 1 is 1.17 bits per heavy atom. The molecule has 2 N–H and O–H groups in total. The van der Waals surface area contributed by atoms with Crippen molar-refractivity contribution >= 4 is 16.9 Å². The van der Waals surface area contributed by atoms with Crippen molar-refractivity contribution in [1.29, 1.82) is 0 Å². The fourth-order valence-corrected chi connectivity index (χ4v) is 4.94. The molecule has 2 aromatic carbocycles. The van der Waals surface area contributed by atoms with Crippen LogP contribution in [-0.4, -0.2) is 40.6 Å². The molecule has 1 atom stereocenters. The summed E-state index contributed by atoms with van der Waals surface area (Å²) >= 11 is 0. The number of aryl methyl sites for hydroxylation is 2. The minimum Gasteiger partial charge on any atom is -0.478 e. The van der Waals surface area contributed by atoms with Gasteiger partial charge in [-0.2, -0.15) is 0 Å². The van der Waals surface area contributed by atoms with Crippen LogP contribution >= 0.6 is 0 Å². The number of nitrogens with one attached hydrogen (secondary N) is 1. The second-order valence-electron chi connectivity index (χ2n) is 8.75. The van der Waals surface area contributed by atoms with E-state index in [1.807, 2.05) is 12.1 Å². The Labute approximate surface area is 178 Å². The van der Waals surface area contributed by atoms with Crippen molar-refractivity contribution in [3.8, 4) is 0 Å². The van der Waals surface area contributed by atoms with Crippen LogP contribution in [0.15, 0.2) is 48.5 Å². The number of carbonyl (C=O) groups is 1. The first-order chi connectivity index (χ1) is 14.6. The van der Waals surface area contributed by atoms with Crippen LogP contribution in [0.25, 0.3) is 10.9 Å². The van der Waals surface area contributed by atoms with Gasteiger partial charge in [-0.15, -0.1) is 0 Å². The zero-order chi connectivity index (χ0) is 20.9. The molecule has 0 spiro atoms. The van der Waals surface area contributed by atoms with Crippen LogP contribution < -0.4 is 0 Å². The first kappa shape index (κ1) is 20.7. The van der Waals surface area contributed by atoms with Crippen molar-refractivity contribution in [3.63, 3.8) is 0 Å². The van der Waals surface area contributed by atoms with Crippen LogP contribution in [0.2, 0.25) is 0 Å². The average Bonchev–Trinajstić information content (AvgIpc) is 3.06. The zero-order valence-corrected chi connectivity index (χ0v) is 17.9. The second kappa shape index (κ2) is 9.48. The fraction of sp³-hybridized carbons (Fsp3) is 0.423. The summed E-state index contributed by atoms with van der Waals surface area (Å²) in [5.74, 6) is -0.0942. The third-order valence-corrected chi connectivity index (χ3v) is 6.49. The molecule has 1 aliphatic rings. The Bertz CT molecular complexity index is 993. The molecule has 158 valence electrons. The molecule has 30 heavy (non-hydrogen) atoms. The smallest absolute Gasteiger partial charge is 0.335 e. The van der Waals surface area contributed by atoms with Gasteiger partial charge in [0.25, 0.3) is 0 Å². The summed E-state index contributed by atoms with van der Waals surface area (Å²) in [6.07, 6.45) is 7.14. The van der Waals surface area contributed by atoms with E-state index in [-0.39, 0.29) is 0 Å². The number of hydrogen-bond acceptors (Lipinski definition) is 2. The predicted octanol–water partition coefficient (Wildman–Crippen LogP) is 5.45. The normalized spacial score (nSPS) is 17.4. The van der Waals surface area contributed by atoms with Crippen LogP contribution in [0.1, 0.15) is 52.9 Å². The number of aromatic carboxylic acids is 1. The lowest BCUT2D eigenvalue weighted by Crippen LogP contribution is -2.36. The molecule has 4 nitrogen and oxygen atoms in total. The van der Waals surface area contributed by atoms with Crippen molar-refractivity contribution in [2.45, 2.75) is 45.4 Å². The summed E-state index contributed by atoms with van der Waals surface area (Å²) < 4.78 is 0. The number of aromatic nitrogens is 1. The summed E-state index contributed by atoms with van der Waals surface area (Å²) in [7, 11) is 0. The Balaban J connectivity index is 1.29. The Morgan fingerprint density at radius 3 is 2.80 bits per heavy atom. The van der Waals surface area contributed by atoms with E-state index >= 15 is 0 Å². The standard InChI is InChI=1S/C26H32N2O2/c1-19-23(24-17-22(26(29)30)12-13-25(24)27-19)11-5-6-14-28-15-7-10-21(18-28)16-20-8-3-2-4-9-20/h2-4,8-9,12-13,17,21,27H,5-7,10-11,14-16,18H2,1H3,(H,29,30). The molecule has 2 heterocycles. The zero-order valence-electron chi connectivity index (χ0n) is 17.9. The lowest BCUT2D eigenvalue weighted by Gasteiger charge is -2.32. The van der Waals surface area contributed by atoms with E-state index in [2.05, 4.69) is 47.1 Å². The van der Waals surface area contributed by atoms with Crippen molar-refractivity contribution in [2.75, 3.05) is 19.6 Å². The fourth-order valence-electron chi connectivity index (χ4n) is 4.94. The van der Waals surface area contributed by atoms with E-state index in [0.29, 0.717) is 5.56 Å². The lowest BCUT2D eigenvalue weighted by atomic mass is 9.91. The number of benzene rings is 2. The summed E-state index contributed by atoms with van der Waals surface area (Å²) in [4.78, 5) is 17.4. The van der Waals surface area contributed by atoms with Gasteiger partial charge < -0.3 is 15.0 Å². The largest absolute Gasteiger partial charge is 0.478 e. The quantitative estimate of drug-likeness (QED) is 0.491. The predicted molar refractivity (Wildman–Crippen MR) is 122 cm³/mol. The van der Waals surface area contributed by atoms with E-state index in [1.165, 1.54) is 49.9 Å². The van der Waals surface area contributed by atoms with Crippen LogP contribution in [-0.2, 0) is 12.8 Å². The molecule has 1 fully saturated rings. The molecular formula is C26H32N2O2. The second-order valence-corrected chi connectivity index (χ2v) is 8.75. The minimum atomic E-state index is -0.864. The number of H-pyrrole nitrogens is 1. The summed E-state index contributed by atoms with van der Waals surface area (Å²) in [6, 6.07) is 16.2. The summed E-state index contributed by atoms with van der Waals surface area (Å²) in [5, 5.41) is 10.4. The van der Waals surface area contributed by atoms with E-state index in [9.17, 15) is 9.90 Å². The van der Waals surface area contributed by atoms with Gasteiger partial charge in [-0.25, -0.2) is 4.79 Å². The highest BCUT2D eigenvalue weighted by Gasteiger charge is 2.20. The summed E-state index contributed by atoms with van der Waals surface area (Å²) in [6.45, 7) is 5.68. The maximum absolute atomic E-state index is 11.3. The van der Waals surface area contributed by atoms with Gasteiger partial charge in [0, 0.05) is 23.1 Å². The number of hydrogen-bond donors (Lipinski definition) is 2.